The average molecular weight is 332 g/mol. The van der Waals surface area contributed by atoms with Gasteiger partial charge in [0, 0.05) is 19.4 Å². The Morgan fingerprint density at radius 2 is 1.75 bits per heavy atom. The number of benzene rings is 1. The third kappa shape index (κ3) is 7.44. The molecule has 1 aromatic rings. The quantitative estimate of drug-likeness (QED) is 0.487. The van der Waals surface area contributed by atoms with Gasteiger partial charge in [-0.2, -0.15) is 0 Å². The van der Waals surface area contributed by atoms with Gasteiger partial charge in [-0.15, -0.1) is 0 Å². The maximum Gasteiger partial charge on any atom is 0.305 e. The molecule has 0 spiro atoms. The first-order valence-electron chi connectivity index (χ1n) is 8.60. The molecule has 0 unspecified atom stereocenters. The summed E-state index contributed by atoms with van der Waals surface area (Å²) >= 11 is 0. The fourth-order valence-electron chi connectivity index (χ4n) is 2.46. The Morgan fingerprint density at radius 1 is 1.08 bits per heavy atom. The van der Waals surface area contributed by atoms with Gasteiger partial charge >= 0.3 is 11.9 Å². The highest BCUT2D eigenvalue weighted by Gasteiger charge is 2.20. The third-order valence-electron chi connectivity index (χ3n) is 3.51. The predicted molar refractivity (Wildman–Crippen MR) is 95.3 cm³/mol. The van der Waals surface area contributed by atoms with Crippen molar-refractivity contribution in [3.8, 4) is 0 Å². The van der Waals surface area contributed by atoms with E-state index in [4.69, 9.17) is 9.47 Å². The summed E-state index contributed by atoms with van der Waals surface area (Å²) in [5.74, 6) is -0.945. The van der Waals surface area contributed by atoms with E-state index in [2.05, 4.69) is 19.1 Å². The fourth-order valence-corrected chi connectivity index (χ4v) is 2.46. The van der Waals surface area contributed by atoms with Gasteiger partial charge in [0.1, 0.15) is 0 Å². The lowest BCUT2D eigenvalue weighted by Crippen LogP contribution is -2.24. The molecular weight excluding hydrogens is 304 g/mol. The van der Waals surface area contributed by atoms with Crippen molar-refractivity contribution in [2.75, 3.05) is 0 Å². The van der Waals surface area contributed by atoms with Gasteiger partial charge in [-0.1, -0.05) is 51.0 Å². The third-order valence-corrected chi connectivity index (χ3v) is 3.51. The van der Waals surface area contributed by atoms with Gasteiger partial charge in [0.05, 0.1) is 0 Å². The number of hydrogen-bond acceptors (Lipinski definition) is 4. The SMILES string of the molecule is CCCCc1cccc(C=C(CCC)C(OC(C)=O)OC(C)=O)c1. The molecule has 0 heterocycles. The number of carbonyl (C=O) groups is 2. The molecule has 0 fully saturated rings. The zero-order valence-corrected chi connectivity index (χ0v) is 15.1. The topological polar surface area (TPSA) is 52.6 Å². The Hall–Kier alpha value is -2.10. The van der Waals surface area contributed by atoms with Crippen molar-refractivity contribution in [1.82, 2.24) is 0 Å². The minimum atomic E-state index is -0.959. The van der Waals surface area contributed by atoms with Crippen molar-refractivity contribution >= 4 is 18.0 Å². The van der Waals surface area contributed by atoms with E-state index in [0.29, 0.717) is 6.42 Å². The highest BCUT2D eigenvalue weighted by Crippen LogP contribution is 2.20. The molecule has 0 bridgehead atoms. The molecule has 4 heteroatoms. The van der Waals surface area contributed by atoms with Crippen LogP contribution in [0.25, 0.3) is 6.08 Å². The Morgan fingerprint density at radius 3 is 2.29 bits per heavy atom. The molecule has 0 saturated heterocycles. The Kier molecular flexibility index (Phi) is 8.84. The maximum atomic E-state index is 11.3. The Labute approximate surface area is 144 Å². The summed E-state index contributed by atoms with van der Waals surface area (Å²) in [6.45, 7) is 6.83. The number of esters is 2. The summed E-state index contributed by atoms with van der Waals surface area (Å²) in [6.07, 6.45) is 5.89. The van der Waals surface area contributed by atoms with E-state index in [-0.39, 0.29) is 0 Å². The first-order chi connectivity index (χ1) is 11.5. The minimum absolute atomic E-state index is 0.472. The lowest BCUT2D eigenvalue weighted by atomic mass is 10.0. The monoisotopic (exact) mass is 332 g/mol. The summed E-state index contributed by atoms with van der Waals surface area (Å²) < 4.78 is 10.4. The van der Waals surface area contributed by atoms with Crippen LogP contribution in [0.2, 0.25) is 0 Å². The molecule has 0 atom stereocenters. The van der Waals surface area contributed by atoms with Crippen molar-refractivity contribution in [3.63, 3.8) is 0 Å². The molecule has 0 saturated carbocycles. The van der Waals surface area contributed by atoms with E-state index in [0.717, 1.165) is 36.8 Å². The molecular formula is C20H28O4. The van der Waals surface area contributed by atoms with Gasteiger partial charge in [0.25, 0.3) is 6.29 Å². The molecule has 0 aliphatic rings. The molecule has 0 aliphatic heterocycles. The Bertz CT molecular complexity index is 559. The largest absolute Gasteiger partial charge is 0.421 e. The van der Waals surface area contributed by atoms with Gasteiger partial charge in [0.2, 0.25) is 0 Å². The van der Waals surface area contributed by atoms with Gasteiger partial charge in [-0.05, 0) is 36.5 Å². The molecule has 0 amide bonds. The van der Waals surface area contributed by atoms with E-state index in [1.54, 1.807) is 0 Å². The minimum Gasteiger partial charge on any atom is -0.421 e. The van der Waals surface area contributed by atoms with Gasteiger partial charge in [0.15, 0.2) is 0 Å². The molecule has 0 radical (unpaired) electrons. The van der Waals surface area contributed by atoms with E-state index in [9.17, 15) is 9.59 Å². The second-order valence-corrected chi connectivity index (χ2v) is 5.87. The number of rotatable bonds is 9. The smallest absolute Gasteiger partial charge is 0.305 e. The van der Waals surface area contributed by atoms with Crippen LogP contribution in [0.3, 0.4) is 0 Å². The zero-order chi connectivity index (χ0) is 17.9. The molecule has 0 N–H and O–H groups in total. The van der Waals surface area contributed by atoms with Crippen LogP contribution in [0.4, 0.5) is 0 Å². The van der Waals surface area contributed by atoms with E-state index in [1.807, 2.05) is 25.1 Å². The molecule has 1 aromatic carbocycles. The molecule has 0 aliphatic carbocycles. The second-order valence-electron chi connectivity index (χ2n) is 5.87. The van der Waals surface area contributed by atoms with Crippen molar-refractivity contribution in [1.29, 1.82) is 0 Å². The normalized spacial score (nSPS) is 11.5. The maximum absolute atomic E-state index is 11.3. The summed E-state index contributed by atoms with van der Waals surface area (Å²) in [4.78, 5) is 22.7. The lowest BCUT2D eigenvalue weighted by Gasteiger charge is -2.20. The number of unbranched alkanes of at least 4 members (excludes halogenated alkanes) is 1. The van der Waals surface area contributed by atoms with E-state index < -0.39 is 18.2 Å². The molecule has 0 aromatic heterocycles. The second kappa shape index (κ2) is 10.6. The summed E-state index contributed by atoms with van der Waals surface area (Å²) in [6, 6.07) is 8.27. The van der Waals surface area contributed by atoms with Crippen molar-refractivity contribution in [2.24, 2.45) is 0 Å². The molecule has 132 valence electrons. The standard InChI is InChI=1S/C20H28O4/c1-5-7-10-17-11-8-12-18(13-17)14-19(9-6-2)20(23-15(3)21)24-16(4)22/h8,11-14,20H,5-7,9-10H2,1-4H3. The van der Waals surface area contributed by atoms with Crippen LogP contribution < -0.4 is 0 Å². The van der Waals surface area contributed by atoms with Crippen LogP contribution in [0, 0.1) is 0 Å². The number of ether oxygens (including phenoxy) is 2. The fraction of sp³-hybridized carbons (Fsp3) is 0.500. The number of hydrogen-bond donors (Lipinski definition) is 0. The predicted octanol–water partition coefficient (Wildman–Crippen LogP) is 4.67. The van der Waals surface area contributed by atoms with E-state index in [1.165, 1.54) is 19.4 Å². The van der Waals surface area contributed by atoms with Crippen LogP contribution in [0.15, 0.2) is 29.8 Å². The van der Waals surface area contributed by atoms with Gasteiger partial charge < -0.3 is 9.47 Å². The highest BCUT2D eigenvalue weighted by atomic mass is 16.7. The van der Waals surface area contributed by atoms with E-state index >= 15 is 0 Å². The Balaban J connectivity index is 3.08. The van der Waals surface area contributed by atoms with Crippen LogP contribution in [0.1, 0.15) is 64.5 Å². The summed E-state index contributed by atoms with van der Waals surface area (Å²) in [7, 11) is 0. The zero-order valence-electron chi connectivity index (χ0n) is 15.1. The van der Waals surface area contributed by atoms with Crippen LogP contribution in [-0.4, -0.2) is 18.2 Å². The van der Waals surface area contributed by atoms with Crippen molar-refractivity contribution in [2.45, 2.75) is 66.1 Å². The first-order valence-corrected chi connectivity index (χ1v) is 8.60. The van der Waals surface area contributed by atoms with Crippen molar-refractivity contribution < 1.29 is 19.1 Å². The van der Waals surface area contributed by atoms with Crippen LogP contribution in [-0.2, 0) is 25.5 Å². The van der Waals surface area contributed by atoms with Gasteiger partial charge in [-0.3, -0.25) is 9.59 Å². The molecule has 1 rings (SSSR count). The lowest BCUT2D eigenvalue weighted by molar-refractivity contribution is -0.178. The number of aryl methyl sites for hydroxylation is 1. The molecule has 4 nitrogen and oxygen atoms in total. The average Bonchev–Trinajstić information content (AvgIpc) is 2.51. The van der Waals surface area contributed by atoms with Crippen molar-refractivity contribution in [3.05, 3.63) is 41.0 Å². The van der Waals surface area contributed by atoms with Gasteiger partial charge in [-0.25, -0.2) is 0 Å². The van der Waals surface area contributed by atoms with Crippen LogP contribution >= 0.6 is 0 Å². The highest BCUT2D eigenvalue weighted by molar-refractivity contribution is 5.69. The van der Waals surface area contributed by atoms with Crippen LogP contribution in [0.5, 0.6) is 0 Å². The summed E-state index contributed by atoms with van der Waals surface area (Å²) in [5.41, 5.74) is 3.09. The first kappa shape index (κ1) is 19.9. The molecule has 24 heavy (non-hydrogen) atoms. The summed E-state index contributed by atoms with van der Waals surface area (Å²) in [5, 5.41) is 0. The number of carbonyl (C=O) groups excluding carboxylic acids is 2.